The van der Waals surface area contributed by atoms with Crippen LogP contribution in [0.4, 0.5) is 0 Å². The van der Waals surface area contributed by atoms with E-state index < -0.39 is 0 Å². The van der Waals surface area contributed by atoms with Crippen molar-refractivity contribution in [2.45, 2.75) is 27.0 Å². The van der Waals surface area contributed by atoms with Gasteiger partial charge in [0.05, 0.1) is 16.3 Å². The van der Waals surface area contributed by atoms with E-state index in [4.69, 9.17) is 32.4 Å². The number of benzene rings is 1. The Balaban J connectivity index is 1.63. The molecule has 0 unspecified atom stereocenters. The summed E-state index contributed by atoms with van der Waals surface area (Å²) in [5.41, 5.74) is 1.29. The molecule has 0 amide bonds. The Morgan fingerprint density at radius 3 is 2.85 bits per heavy atom. The van der Waals surface area contributed by atoms with Crippen molar-refractivity contribution in [2.75, 3.05) is 0 Å². The number of ether oxygens (including phenoxy) is 1. The van der Waals surface area contributed by atoms with Gasteiger partial charge in [0.2, 0.25) is 0 Å². The van der Waals surface area contributed by atoms with E-state index in [1.807, 2.05) is 13.8 Å². The molecular weight excluding hydrogens is 387 g/mol. The molecule has 0 atom stereocenters. The van der Waals surface area contributed by atoms with Gasteiger partial charge in [-0.1, -0.05) is 29.3 Å². The van der Waals surface area contributed by atoms with Crippen LogP contribution in [0.15, 0.2) is 47.0 Å². The number of rotatable bonds is 7. The predicted molar refractivity (Wildman–Crippen MR) is 106 cm³/mol. The van der Waals surface area contributed by atoms with E-state index in [2.05, 4.69) is 5.10 Å². The summed E-state index contributed by atoms with van der Waals surface area (Å²) in [6.45, 7) is 4.70. The van der Waals surface area contributed by atoms with Crippen LogP contribution < -0.4 is 4.74 Å². The van der Waals surface area contributed by atoms with Gasteiger partial charge in [0.1, 0.15) is 28.9 Å². The number of allylic oxidation sites excluding steroid dienone is 1. The van der Waals surface area contributed by atoms with E-state index in [1.54, 1.807) is 47.3 Å². The first kappa shape index (κ1) is 19.3. The van der Waals surface area contributed by atoms with Gasteiger partial charge in [0, 0.05) is 12.7 Å². The second kappa shape index (κ2) is 8.46. The second-order valence-electron chi connectivity index (χ2n) is 5.83. The lowest BCUT2D eigenvalue weighted by Gasteiger charge is -2.06. The van der Waals surface area contributed by atoms with Crippen molar-refractivity contribution in [1.82, 2.24) is 9.78 Å². The predicted octanol–water partition coefficient (Wildman–Crippen LogP) is 5.59. The number of furan rings is 1. The van der Waals surface area contributed by atoms with Crippen molar-refractivity contribution < 1.29 is 13.9 Å². The standard InChI is InChI=1S/C20H18Cl2N2O3/c1-3-24-11-16(13(2)23-24)18(25)10-9-14-7-8-15(27-14)12-26-19-6-4-5-17(21)20(19)22/h4-11H,3,12H2,1-2H3/b10-9+. The molecule has 0 N–H and O–H groups in total. The Morgan fingerprint density at radius 1 is 1.30 bits per heavy atom. The molecule has 0 saturated carbocycles. The Hall–Kier alpha value is -2.50. The van der Waals surface area contributed by atoms with E-state index in [0.717, 1.165) is 6.54 Å². The van der Waals surface area contributed by atoms with Crippen LogP contribution in [0.1, 0.15) is 34.5 Å². The van der Waals surface area contributed by atoms with Crippen LogP contribution in [-0.4, -0.2) is 15.6 Å². The fraction of sp³-hybridized carbons (Fsp3) is 0.200. The summed E-state index contributed by atoms with van der Waals surface area (Å²) in [5.74, 6) is 1.52. The zero-order chi connectivity index (χ0) is 19.4. The zero-order valence-electron chi connectivity index (χ0n) is 14.9. The molecule has 2 aromatic heterocycles. The van der Waals surface area contributed by atoms with Crippen molar-refractivity contribution in [3.8, 4) is 5.75 Å². The van der Waals surface area contributed by atoms with Gasteiger partial charge in [0.25, 0.3) is 0 Å². The molecule has 3 rings (SSSR count). The monoisotopic (exact) mass is 404 g/mol. The lowest BCUT2D eigenvalue weighted by atomic mass is 10.1. The average Bonchev–Trinajstić information content (AvgIpc) is 3.27. The molecule has 0 fully saturated rings. The first-order chi connectivity index (χ1) is 13.0. The summed E-state index contributed by atoms with van der Waals surface area (Å²) in [5, 5.41) is 5.07. The Kier molecular flexibility index (Phi) is 6.04. The quantitative estimate of drug-likeness (QED) is 0.380. The highest BCUT2D eigenvalue weighted by atomic mass is 35.5. The minimum atomic E-state index is -0.118. The Bertz CT molecular complexity index is 989. The molecule has 0 saturated heterocycles. The molecular formula is C20H18Cl2N2O3. The van der Waals surface area contributed by atoms with Gasteiger partial charge in [-0.05, 0) is 50.3 Å². The number of halogens is 2. The topological polar surface area (TPSA) is 57.3 Å². The largest absolute Gasteiger partial charge is 0.484 e. The normalized spacial score (nSPS) is 11.3. The van der Waals surface area contributed by atoms with Crippen molar-refractivity contribution in [3.63, 3.8) is 0 Å². The average molecular weight is 405 g/mol. The minimum Gasteiger partial charge on any atom is -0.484 e. The van der Waals surface area contributed by atoms with Crippen LogP contribution in [0.5, 0.6) is 5.75 Å². The minimum absolute atomic E-state index is 0.118. The molecule has 0 aliphatic carbocycles. The summed E-state index contributed by atoms with van der Waals surface area (Å²) in [6.07, 6.45) is 4.85. The number of nitrogens with zero attached hydrogens (tertiary/aromatic N) is 2. The van der Waals surface area contributed by atoms with Gasteiger partial charge in [0.15, 0.2) is 5.78 Å². The third kappa shape index (κ3) is 4.62. The van der Waals surface area contributed by atoms with Crippen LogP contribution in [0.3, 0.4) is 0 Å². The van der Waals surface area contributed by atoms with Crippen molar-refractivity contribution in [1.29, 1.82) is 0 Å². The first-order valence-electron chi connectivity index (χ1n) is 8.40. The third-order valence-corrected chi connectivity index (χ3v) is 4.70. The molecule has 0 aliphatic rings. The number of hydrogen-bond acceptors (Lipinski definition) is 4. The molecule has 0 bridgehead atoms. The summed E-state index contributed by atoms with van der Waals surface area (Å²) in [6, 6.07) is 8.73. The van der Waals surface area contributed by atoms with E-state index in [9.17, 15) is 4.79 Å². The lowest BCUT2D eigenvalue weighted by Crippen LogP contribution is -1.95. The maximum atomic E-state index is 12.3. The Labute approximate surface area is 167 Å². The summed E-state index contributed by atoms with van der Waals surface area (Å²) < 4.78 is 13.0. The van der Waals surface area contributed by atoms with Crippen LogP contribution in [0, 0.1) is 6.92 Å². The fourth-order valence-corrected chi connectivity index (χ4v) is 2.82. The van der Waals surface area contributed by atoms with Crippen LogP contribution >= 0.6 is 23.2 Å². The number of carbonyl (C=O) groups excluding carboxylic acids is 1. The van der Waals surface area contributed by atoms with E-state index in [1.165, 1.54) is 6.08 Å². The van der Waals surface area contributed by atoms with Gasteiger partial charge >= 0.3 is 0 Å². The zero-order valence-corrected chi connectivity index (χ0v) is 16.4. The molecule has 5 nitrogen and oxygen atoms in total. The van der Waals surface area contributed by atoms with Crippen molar-refractivity contribution >= 4 is 35.1 Å². The molecule has 140 valence electrons. The van der Waals surface area contributed by atoms with Crippen LogP contribution in [0.25, 0.3) is 6.08 Å². The summed E-state index contributed by atoms with van der Waals surface area (Å²) in [7, 11) is 0. The number of hydrogen-bond donors (Lipinski definition) is 0. The molecule has 7 heteroatoms. The molecule has 0 aliphatic heterocycles. The molecule has 0 spiro atoms. The lowest BCUT2D eigenvalue weighted by molar-refractivity contribution is 0.104. The van der Waals surface area contributed by atoms with Gasteiger partial charge in [-0.15, -0.1) is 0 Å². The highest BCUT2D eigenvalue weighted by Crippen LogP contribution is 2.32. The molecule has 0 radical (unpaired) electrons. The van der Waals surface area contributed by atoms with Gasteiger partial charge in [-0.3, -0.25) is 9.48 Å². The molecule has 27 heavy (non-hydrogen) atoms. The van der Waals surface area contributed by atoms with Gasteiger partial charge in [-0.25, -0.2) is 0 Å². The maximum absolute atomic E-state index is 12.3. The second-order valence-corrected chi connectivity index (χ2v) is 6.61. The van der Waals surface area contributed by atoms with Crippen molar-refractivity contribution in [2.24, 2.45) is 0 Å². The third-order valence-electron chi connectivity index (χ3n) is 3.90. The molecule has 2 heterocycles. The van der Waals surface area contributed by atoms with Gasteiger partial charge in [-0.2, -0.15) is 5.10 Å². The first-order valence-corrected chi connectivity index (χ1v) is 9.15. The highest BCUT2D eigenvalue weighted by molar-refractivity contribution is 6.42. The smallest absolute Gasteiger partial charge is 0.189 e. The number of aromatic nitrogens is 2. The SMILES string of the molecule is CCn1cc(C(=O)/C=C/c2ccc(COc3cccc(Cl)c3Cl)o2)c(C)n1. The number of ketones is 1. The van der Waals surface area contributed by atoms with Gasteiger partial charge < -0.3 is 9.15 Å². The van der Waals surface area contributed by atoms with E-state index in [0.29, 0.717) is 38.6 Å². The summed E-state index contributed by atoms with van der Waals surface area (Å²) >= 11 is 12.0. The number of carbonyl (C=O) groups is 1. The number of aryl methyl sites for hydroxylation is 2. The fourth-order valence-electron chi connectivity index (χ4n) is 2.48. The summed E-state index contributed by atoms with van der Waals surface area (Å²) in [4.78, 5) is 12.3. The Morgan fingerprint density at radius 2 is 2.11 bits per heavy atom. The highest BCUT2D eigenvalue weighted by Gasteiger charge is 2.11. The molecule has 3 aromatic rings. The van der Waals surface area contributed by atoms with E-state index >= 15 is 0 Å². The maximum Gasteiger partial charge on any atom is 0.189 e. The van der Waals surface area contributed by atoms with E-state index in [-0.39, 0.29) is 12.4 Å². The van der Waals surface area contributed by atoms with Crippen molar-refractivity contribution in [3.05, 3.63) is 75.4 Å². The molecule has 1 aromatic carbocycles. The van der Waals surface area contributed by atoms with Crippen LogP contribution in [-0.2, 0) is 13.2 Å². The van der Waals surface area contributed by atoms with Crippen LogP contribution in [0.2, 0.25) is 10.0 Å².